The minimum absolute atomic E-state index is 0.103. The Kier molecular flexibility index (Phi) is 27.2. The van der Waals surface area contributed by atoms with E-state index < -0.39 is 177 Å². The van der Waals surface area contributed by atoms with E-state index in [-0.39, 0.29) is 12.8 Å². The van der Waals surface area contributed by atoms with E-state index in [1.54, 1.807) is 0 Å². The molecule has 26 nitrogen and oxygen atoms in total. The highest BCUT2D eigenvalue weighted by Crippen LogP contribution is 2.35. The fourth-order valence-electron chi connectivity index (χ4n) is 9.85. The molecule has 4 heterocycles. The first-order valence-corrected chi connectivity index (χ1v) is 27.3. The third-order valence-corrected chi connectivity index (χ3v) is 14.1. The fraction of sp³-hybridized carbons (Fsp3) is 0.915. The summed E-state index contributed by atoms with van der Waals surface area (Å²) in [7, 11) is -5.05. The number of hydrogen-bond acceptors (Lipinski definition) is 21. The van der Waals surface area contributed by atoms with Crippen LogP contribution < -0.4 is 21.3 Å². The Balaban J connectivity index is 1.47. The summed E-state index contributed by atoms with van der Waals surface area (Å²) in [6, 6.07) is -5.33. The molecule has 74 heavy (non-hydrogen) atoms. The molecule has 0 radical (unpaired) electrons. The van der Waals surface area contributed by atoms with Crippen molar-refractivity contribution >= 4 is 34.0 Å². The van der Waals surface area contributed by atoms with E-state index in [4.69, 9.17) is 33.2 Å². The second-order valence-corrected chi connectivity index (χ2v) is 20.8. The van der Waals surface area contributed by atoms with Gasteiger partial charge in [-0.25, -0.2) is 4.18 Å². The third kappa shape index (κ3) is 19.6. The molecular weight excluding hydrogens is 1000 g/mol. The van der Waals surface area contributed by atoms with Crippen LogP contribution in [0, 0.1) is 0 Å². The first-order chi connectivity index (χ1) is 35.1. The molecule has 4 saturated heterocycles. The number of amides is 4. The van der Waals surface area contributed by atoms with E-state index in [0.29, 0.717) is 6.42 Å². The summed E-state index contributed by atoms with van der Waals surface area (Å²) in [6.45, 7) is 3.76. The monoisotopic (exact) mass is 1090 g/mol. The largest absolute Gasteiger partial charge is 0.397 e. The maximum Gasteiger partial charge on any atom is 0.397 e. The lowest BCUT2D eigenvalue weighted by atomic mass is 9.92. The van der Waals surface area contributed by atoms with E-state index in [2.05, 4.69) is 32.4 Å². The molecule has 0 aromatic carbocycles. The van der Waals surface area contributed by atoms with Crippen molar-refractivity contribution in [3.8, 4) is 0 Å². The summed E-state index contributed by atoms with van der Waals surface area (Å²) in [6.07, 6.45) is -8.60. The van der Waals surface area contributed by atoms with Crippen molar-refractivity contribution in [2.45, 2.75) is 247 Å². The lowest BCUT2D eigenvalue weighted by Crippen LogP contribution is -2.70. The first kappa shape index (κ1) is 63.7. The summed E-state index contributed by atoms with van der Waals surface area (Å²) >= 11 is 0. The Morgan fingerprint density at radius 1 is 0.541 bits per heavy atom. The summed E-state index contributed by atoms with van der Waals surface area (Å²) in [5, 5.41) is 87.1. The van der Waals surface area contributed by atoms with Gasteiger partial charge in [-0.05, 0) is 13.3 Å². The Hall–Kier alpha value is -2.81. The van der Waals surface area contributed by atoms with Gasteiger partial charge < -0.3 is 90.2 Å². The van der Waals surface area contributed by atoms with Crippen LogP contribution in [0.3, 0.4) is 0 Å². The van der Waals surface area contributed by atoms with E-state index in [9.17, 15) is 67.9 Å². The van der Waals surface area contributed by atoms with Crippen LogP contribution in [-0.2, 0) is 66.9 Å². The number of carbonyl (C=O) groups is 4. The zero-order chi connectivity index (χ0) is 54.7. The highest BCUT2D eigenvalue weighted by molar-refractivity contribution is 7.80. The Morgan fingerprint density at radius 3 is 1.54 bits per heavy atom. The molecule has 0 aromatic rings. The lowest BCUT2D eigenvalue weighted by molar-refractivity contribution is -0.349. The maximum absolute atomic E-state index is 13.3. The Labute approximate surface area is 433 Å². The van der Waals surface area contributed by atoms with Gasteiger partial charge in [0.05, 0.1) is 50.7 Å². The molecule has 0 spiro atoms. The third-order valence-electron chi connectivity index (χ3n) is 13.7. The van der Waals surface area contributed by atoms with Gasteiger partial charge in [-0.2, -0.15) is 8.42 Å². The fourth-order valence-corrected chi connectivity index (χ4v) is 10.2. The van der Waals surface area contributed by atoms with Crippen LogP contribution in [0.1, 0.15) is 131 Å². The van der Waals surface area contributed by atoms with Crippen molar-refractivity contribution in [2.75, 3.05) is 26.4 Å². The van der Waals surface area contributed by atoms with Crippen LogP contribution >= 0.6 is 0 Å². The zero-order valence-electron chi connectivity index (χ0n) is 43.1. The quantitative estimate of drug-likeness (QED) is 0.0279. The van der Waals surface area contributed by atoms with Crippen molar-refractivity contribution < 1.29 is 105 Å². The Bertz CT molecular complexity index is 1830. The molecule has 0 aliphatic carbocycles. The molecule has 27 heteroatoms. The molecular formula is C47H84N4O22S. The number of unbranched alkanes of at least 4 members (excludes halogenated alkanes) is 12. The summed E-state index contributed by atoms with van der Waals surface area (Å²) in [5.41, 5.74) is 0. The number of ether oxygens (including phenoxy) is 7. The van der Waals surface area contributed by atoms with E-state index >= 15 is 0 Å². The maximum atomic E-state index is 13.3. The molecule has 19 atom stereocenters. The first-order valence-electron chi connectivity index (χ1n) is 26.0. The zero-order valence-corrected chi connectivity index (χ0v) is 43.9. The number of aliphatic hydroxyl groups excluding tert-OH is 7. The number of rotatable bonds is 30. The number of hydrogen-bond donors (Lipinski definition) is 12. The molecule has 4 aliphatic rings. The highest BCUT2D eigenvalue weighted by atomic mass is 32.3. The van der Waals surface area contributed by atoms with Crippen LogP contribution in [0.4, 0.5) is 0 Å². The van der Waals surface area contributed by atoms with Crippen LogP contribution in [0.5, 0.6) is 0 Å². The Morgan fingerprint density at radius 2 is 1.00 bits per heavy atom. The standard InChI is InChI=1S/C47H84N4O22S/c1-6-7-8-9-10-11-12-13-14-15-16-17-18-19-35(58)51-37-40(60)39(59)32(22-53)70-46(37)68-30-20-29(48-26(3)55)45(69-31(30)21-52)72-43-33(23-54)71-47(38(42(43)62)50-28(5)57)73-44-34(24-66-74(63,64)65)67-25(2)36(41(44)61)49-27(4)56/h25,29-34,36-47,52-54,59-62H,6-24H2,1-5H3,(H,48,55)(H,49,56)(H,50,57)(H,51,58)(H,63,64,65)/t25?,29-,30+,31-,32-,33-,34-,36+,37-,38-,39-,40-,41?,42-,43-,44-,45+,46-,47+/m1/s1. The molecule has 430 valence electrons. The topological polar surface area (TPSA) is 386 Å². The van der Waals surface area contributed by atoms with Gasteiger partial charge in [0, 0.05) is 33.6 Å². The smallest absolute Gasteiger partial charge is 0.394 e. The van der Waals surface area contributed by atoms with Crippen molar-refractivity contribution in [2.24, 2.45) is 0 Å². The van der Waals surface area contributed by atoms with Gasteiger partial charge in [-0.15, -0.1) is 0 Å². The molecule has 4 rings (SSSR count). The second-order valence-electron chi connectivity index (χ2n) is 19.7. The van der Waals surface area contributed by atoms with E-state index in [1.807, 2.05) is 0 Å². The molecule has 12 N–H and O–H groups in total. The highest BCUT2D eigenvalue weighted by Gasteiger charge is 2.54. The lowest BCUT2D eigenvalue weighted by Gasteiger charge is -2.50. The number of nitrogens with one attached hydrogen (secondary N) is 4. The summed E-state index contributed by atoms with van der Waals surface area (Å²) in [5.74, 6) is -2.38. The molecule has 4 aliphatic heterocycles. The van der Waals surface area contributed by atoms with Crippen LogP contribution in [0.2, 0.25) is 0 Å². The van der Waals surface area contributed by atoms with E-state index in [0.717, 1.165) is 32.6 Å². The van der Waals surface area contributed by atoms with Gasteiger partial charge >= 0.3 is 10.4 Å². The molecule has 4 fully saturated rings. The second kappa shape index (κ2) is 31.6. The van der Waals surface area contributed by atoms with Gasteiger partial charge in [0.1, 0.15) is 73.1 Å². The van der Waals surface area contributed by atoms with Crippen molar-refractivity contribution in [3.63, 3.8) is 0 Å². The predicted octanol–water partition coefficient (Wildman–Crippen LogP) is -1.79. The minimum atomic E-state index is -5.05. The molecule has 0 bridgehead atoms. The van der Waals surface area contributed by atoms with Gasteiger partial charge in [-0.1, -0.05) is 84.0 Å². The molecule has 4 amide bonds. The average molecular weight is 1090 g/mol. The average Bonchev–Trinajstić information content (AvgIpc) is 3.33. The van der Waals surface area contributed by atoms with Crippen LogP contribution in [0.15, 0.2) is 0 Å². The molecule has 0 aromatic heterocycles. The van der Waals surface area contributed by atoms with Crippen molar-refractivity contribution in [1.82, 2.24) is 21.3 Å². The summed E-state index contributed by atoms with van der Waals surface area (Å²) < 4.78 is 79.3. The predicted molar refractivity (Wildman–Crippen MR) is 257 cm³/mol. The van der Waals surface area contributed by atoms with Crippen molar-refractivity contribution in [1.29, 1.82) is 0 Å². The van der Waals surface area contributed by atoms with Gasteiger partial charge in [-0.3, -0.25) is 23.7 Å². The van der Waals surface area contributed by atoms with Gasteiger partial charge in [0.25, 0.3) is 0 Å². The van der Waals surface area contributed by atoms with E-state index in [1.165, 1.54) is 72.1 Å². The molecule has 2 unspecified atom stereocenters. The minimum Gasteiger partial charge on any atom is -0.394 e. The number of aliphatic hydroxyl groups is 7. The van der Waals surface area contributed by atoms with Crippen LogP contribution in [0.25, 0.3) is 0 Å². The normalized spacial score (nSPS) is 35.7. The number of carbonyl (C=O) groups excluding carboxylic acids is 4. The van der Waals surface area contributed by atoms with Gasteiger partial charge in [0.2, 0.25) is 23.6 Å². The van der Waals surface area contributed by atoms with Crippen LogP contribution in [-0.4, -0.2) is 215 Å². The van der Waals surface area contributed by atoms with Gasteiger partial charge in [0.15, 0.2) is 18.9 Å². The van der Waals surface area contributed by atoms with Crippen molar-refractivity contribution in [3.05, 3.63) is 0 Å². The molecule has 0 saturated carbocycles. The summed E-state index contributed by atoms with van der Waals surface area (Å²) in [4.78, 5) is 50.6. The SMILES string of the molecule is CCCCCCCCCCCCCCCC(=O)N[C@H]1[C@H](O[C@H]2C[C@@H](NC(C)=O)[C@H](O[C@H]3[C@H](O)[C@@H](NC(C)=O)[C@H](O[C@H]4C(O)[C@@H](NC(C)=O)C(C)O[C@@H]4COS(=O)(=O)O)O[C@@H]3CO)O[C@@H]2CO)O[C@H](CO)[C@@H](O)[C@@H]1O.